The smallest absolute Gasteiger partial charge is 0.181 e. The van der Waals surface area contributed by atoms with Crippen molar-refractivity contribution in [3.05, 3.63) is 42.7 Å². The SMILES string of the molecule is CN(C)C=NC(=Nn1cnnc1)c1ccncc1. The number of hydrogen-bond donors (Lipinski definition) is 0. The second-order valence-electron chi connectivity index (χ2n) is 3.71. The highest BCUT2D eigenvalue weighted by Crippen LogP contribution is 2.01. The van der Waals surface area contributed by atoms with E-state index in [1.807, 2.05) is 31.1 Å². The minimum atomic E-state index is 0.561. The number of hydrogen-bond acceptors (Lipinski definition) is 4. The van der Waals surface area contributed by atoms with Crippen molar-refractivity contribution in [2.45, 2.75) is 0 Å². The van der Waals surface area contributed by atoms with E-state index in [1.54, 1.807) is 18.7 Å². The molecule has 0 aliphatic heterocycles. The van der Waals surface area contributed by atoms with Crippen LogP contribution in [0.15, 0.2) is 47.3 Å². The highest BCUT2D eigenvalue weighted by molar-refractivity contribution is 6.02. The van der Waals surface area contributed by atoms with Crippen molar-refractivity contribution in [3.63, 3.8) is 0 Å². The first kappa shape index (κ1) is 11.9. The molecule has 0 radical (unpaired) electrons. The van der Waals surface area contributed by atoms with E-state index in [4.69, 9.17) is 0 Å². The first-order valence-corrected chi connectivity index (χ1v) is 5.30. The van der Waals surface area contributed by atoms with Crippen LogP contribution in [0.3, 0.4) is 0 Å². The van der Waals surface area contributed by atoms with Crippen molar-refractivity contribution >= 4 is 12.2 Å². The lowest BCUT2D eigenvalue weighted by Gasteiger charge is -2.04. The zero-order valence-corrected chi connectivity index (χ0v) is 10.2. The van der Waals surface area contributed by atoms with Gasteiger partial charge in [0.05, 0.1) is 6.34 Å². The van der Waals surface area contributed by atoms with Gasteiger partial charge in [0.2, 0.25) is 0 Å². The second-order valence-corrected chi connectivity index (χ2v) is 3.71. The molecule has 0 N–H and O–H groups in total. The van der Waals surface area contributed by atoms with Crippen LogP contribution in [-0.4, -0.2) is 51.0 Å². The van der Waals surface area contributed by atoms with E-state index in [-0.39, 0.29) is 0 Å². The summed E-state index contributed by atoms with van der Waals surface area (Å²) < 4.78 is 1.50. The van der Waals surface area contributed by atoms with Crippen molar-refractivity contribution in [1.29, 1.82) is 0 Å². The molecule has 0 bridgehead atoms. The molecule has 0 unspecified atom stereocenters. The summed E-state index contributed by atoms with van der Waals surface area (Å²) in [5, 5.41) is 11.7. The number of aliphatic imine (C=N–C) groups is 1. The van der Waals surface area contributed by atoms with Gasteiger partial charge in [0.25, 0.3) is 0 Å². The maximum absolute atomic E-state index is 4.32. The Morgan fingerprint density at radius 2 is 1.89 bits per heavy atom. The fourth-order valence-corrected chi connectivity index (χ4v) is 1.19. The Balaban J connectivity index is 2.35. The normalized spacial score (nSPS) is 12.0. The van der Waals surface area contributed by atoms with Gasteiger partial charge in [-0.15, -0.1) is 15.3 Å². The molecule has 0 saturated heterocycles. The third-order valence-electron chi connectivity index (χ3n) is 1.97. The van der Waals surface area contributed by atoms with Gasteiger partial charge in [-0.1, -0.05) is 0 Å². The Kier molecular flexibility index (Phi) is 3.75. The minimum absolute atomic E-state index is 0.561. The molecular formula is C11H13N7. The topological polar surface area (TPSA) is 71.6 Å². The first-order valence-electron chi connectivity index (χ1n) is 5.30. The molecule has 0 amide bonds. The number of aromatic nitrogens is 4. The van der Waals surface area contributed by atoms with Crippen molar-refractivity contribution in [2.75, 3.05) is 14.1 Å². The summed E-state index contributed by atoms with van der Waals surface area (Å²) in [6.45, 7) is 0. The van der Waals surface area contributed by atoms with Gasteiger partial charge in [0.1, 0.15) is 12.7 Å². The molecule has 0 atom stereocenters. The highest BCUT2D eigenvalue weighted by atomic mass is 15.4. The average molecular weight is 243 g/mol. The van der Waals surface area contributed by atoms with Crippen LogP contribution in [0.5, 0.6) is 0 Å². The minimum Gasteiger partial charge on any atom is -0.369 e. The zero-order valence-electron chi connectivity index (χ0n) is 10.2. The first-order chi connectivity index (χ1) is 8.75. The number of rotatable bonds is 3. The lowest BCUT2D eigenvalue weighted by molar-refractivity contribution is 0.643. The van der Waals surface area contributed by atoms with Gasteiger partial charge in [0, 0.05) is 32.1 Å². The van der Waals surface area contributed by atoms with Crippen LogP contribution in [0.4, 0.5) is 0 Å². The fourth-order valence-electron chi connectivity index (χ4n) is 1.19. The van der Waals surface area contributed by atoms with E-state index in [2.05, 4.69) is 25.3 Å². The lowest BCUT2D eigenvalue weighted by Crippen LogP contribution is -2.11. The van der Waals surface area contributed by atoms with E-state index in [0.29, 0.717) is 5.84 Å². The van der Waals surface area contributed by atoms with E-state index >= 15 is 0 Å². The molecule has 0 aliphatic carbocycles. The molecule has 7 nitrogen and oxygen atoms in total. The van der Waals surface area contributed by atoms with Gasteiger partial charge in [-0.05, 0) is 12.1 Å². The van der Waals surface area contributed by atoms with Gasteiger partial charge >= 0.3 is 0 Å². The fraction of sp³-hybridized carbons (Fsp3) is 0.182. The van der Waals surface area contributed by atoms with Crippen molar-refractivity contribution < 1.29 is 0 Å². The van der Waals surface area contributed by atoms with Crippen molar-refractivity contribution in [3.8, 4) is 0 Å². The molecule has 0 spiro atoms. The van der Waals surface area contributed by atoms with E-state index < -0.39 is 0 Å². The summed E-state index contributed by atoms with van der Waals surface area (Å²) in [5.41, 5.74) is 0.872. The summed E-state index contributed by atoms with van der Waals surface area (Å²) in [5.74, 6) is 0.561. The molecule has 92 valence electrons. The predicted octanol–water partition coefficient (Wildman–Crippen LogP) is 0.473. The van der Waals surface area contributed by atoms with E-state index in [9.17, 15) is 0 Å². The Morgan fingerprint density at radius 3 is 2.50 bits per heavy atom. The van der Waals surface area contributed by atoms with Gasteiger partial charge in [-0.2, -0.15) is 0 Å². The largest absolute Gasteiger partial charge is 0.369 e. The zero-order chi connectivity index (χ0) is 12.8. The maximum Gasteiger partial charge on any atom is 0.181 e. The standard InChI is InChI=1S/C11H13N7/c1-17(2)7-13-11(10-3-5-12-6-4-10)16-18-8-14-15-9-18/h3-9H,1-2H3. The van der Waals surface area contributed by atoms with Gasteiger partial charge < -0.3 is 4.90 Å². The molecule has 2 rings (SSSR count). The molecule has 7 heteroatoms. The Morgan fingerprint density at radius 1 is 1.22 bits per heavy atom. The predicted molar refractivity (Wildman–Crippen MR) is 68.4 cm³/mol. The highest BCUT2D eigenvalue weighted by Gasteiger charge is 2.01. The molecule has 18 heavy (non-hydrogen) atoms. The molecular weight excluding hydrogens is 230 g/mol. The summed E-state index contributed by atoms with van der Waals surface area (Å²) >= 11 is 0. The quantitative estimate of drug-likeness (QED) is 0.580. The van der Waals surface area contributed by atoms with E-state index in [1.165, 1.54) is 17.3 Å². The third-order valence-corrected chi connectivity index (χ3v) is 1.97. The van der Waals surface area contributed by atoms with Crippen molar-refractivity contribution in [2.24, 2.45) is 10.1 Å². The monoisotopic (exact) mass is 243 g/mol. The molecule has 0 aliphatic rings. The van der Waals surface area contributed by atoms with Gasteiger partial charge in [0.15, 0.2) is 5.84 Å². The second kappa shape index (κ2) is 5.67. The van der Waals surface area contributed by atoms with Crippen LogP contribution in [0.1, 0.15) is 5.56 Å². The lowest BCUT2D eigenvalue weighted by atomic mass is 10.2. The number of pyridine rings is 1. The molecule has 0 fully saturated rings. The van der Waals surface area contributed by atoms with Gasteiger partial charge in [-0.3, -0.25) is 4.98 Å². The van der Waals surface area contributed by atoms with E-state index in [0.717, 1.165) is 5.56 Å². The molecule has 0 aromatic carbocycles. The number of nitrogens with zero attached hydrogens (tertiary/aromatic N) is 7. The molecule has 0 saturated carbocycles. The van der Waals surface area contributed by atoms with Crippen LogP contribution in [0, 0.1) is 0 Å². The van der Waals surface area contributed by atoms with Crippen molar-refractivity contribution in [1.82, 2.24) is 24.8 Å². The third kappa shape index (κ3) is 3.21. The average Bonchev–Trinajstić information content (AvgIpc) is 2.88. The van der Waals surface area contributed by atoms with Crippen LogP contribution in [-0.2, 0) is 0 Å². The summed E-state index contributed by atoms with van der Waals surface area (Å²) in [7, 11) is 3.79. The Hall–Kier alpha value is -2.57. The maximum atomic E-state index is 4.32. The summed E-state index contributed by atoms with van der Waals surface area (Å²) in [4.78, 5) is 10.1. The summed E-state index contributed by atoms with van der Waals surface area (Å²) in [6, 6.07) is 3.69. The van der Waals surface area contributed by atoms with Gasteiger partial charge in [-0.25, -0.2) is 9.67 Å². The number of amidine groups is 1. The van der Waals surface area contributed by atoms with Crippen LogP contribution in [0.2, 0.25) is 0 Å². The molecule has 2 aromatic heterocycles. The van der Waals surface area contributed by atoms with Crippen LogP contribution in [0.25, 0.3) is 0 Å². The van der Waals surface area contributed by atoms with Crippen LogP contribution >= 0.6 is 0 Å². The summed E-state index contributed by atoms with van der Waals surface area (Å²) in [6.07, 6.45) is 8.09. The Labute approximate surface area is 105 Å². The molecule has 2 heterocycles. The van der Waals surface area contributed by atoms with Crippen LogP contribution < -0.4 is 0 Å². The Bertz CT molecular complexity index is 528. The molecule has 2 aromatic rings.